The van der Waals surface area contributed by atoms with Crippen LogP contribution < -0.4 is 0 Å². The number of rotatable bonds is 7. The summed E-state index contributed by atoms with van der Waals surface area (Å²) in [6.07, 6.45) is 3.74. The fourth-order valence-corrected chi connectivity index (χ4v) is 1.47. The van der Waals surface area contributed by atoms with E-state index < -0.39 is 0 Å². The van der Waals surface area contributed by atoms with Gasteiger partial charge in [0.05, 0.1) is 0 Å². The summed E-state index contributed by atoms with van der Waals surface area (Å²) in [4.78, 5) is 13.3. The summed E-state index contributed by atoms with van der Waals surface area (Å²) in [6, 6.07) is 0. The van der Waals surface area contributed by atoms with Gasteiger partial charge in [0.15, 0.2) is 0 Å². The molecule has 2 nitrogen and oxygen atoms in total. The molecule has 78 valence electrons. The van der Waals surface area contributed by atoms with E-state index in [4.69, 9.17) is 11.6 Å². The summed E-state index contributed by atoms with van der Waals surface area (Å²) in [5.74, 6) is 0.985. The molecule has 0 saturated heterocycles. The summed E-state index contributed by atoms with van der Waals surface area (Å²) in [7, 11) is 0. The quantitative estimate of drug-likeness (QED) is 0.462. The first kappa shape index (κ1) is 12.8. The summed E-state index contributed by atoms with van der Waals surface area (Å²) in [6.45, 7) is 5.68. The lowest BCUT2D eigenvalue weighted by Gasteiger charge is -2.18. The van der Waals surface area contributed by atoms with Crippen LogP contribution in [0.25, 0.3) is 0 Å². The molecule has 0 aliphatic carbocycles. The zero-order valence-corrected chi connectivity index (χ0v) is 9.44. The molecule has 0 heterocycles. The maximum Gasteiger partial charge on any atom is 0.222 e. The molecular formula is C10H20ClNO. The Morgan fingerprint density at radius 3 is 2.23 bits per heavy atom. The normalized spacial score (nSPS) is 10.1. The Morgan fingerprint density at radius 2 is 1.77 bits per heavy atom. The highest BCUT2D eigenvalue weighted by atomic mass is 35.5. The van der Waals surface area contributed by atoms with Gasteiger partial charge in [0, 0.05) is 25.4 Å². The maximum atomic E-state index is 11.5. The van der Waals surface area contributed by atoms with Crippen LogP contribution in [0.5, 0.6) is 0 Å². The second-order valence-corrected chi connectivity index (χ2v) is 3.44. The molecule has 0 aromatic rings. The highest BCUT2D eigenvalue weighted by Crippen LogP contribution is 2.04. The van der Waals surface area contributed by atoms with Crippen LogP contribution in [-0.2, 0) is 4.79 Å². The molecule has 0 unspecified atom stereocenters. The van der Waals surface area contributed by atoms with Gasteiger partial charge >= 0.3 is 0 Å². The van der Waals surface area contributed by atoms with Crippen LogP contribution in [0.15, 0.2) is 0 Å². The van der Waals surface area contributed by atoms with Crippen molar-refractivity contribution in [2.75, 3.05) is 19.0 Å². The van der Waals surface area contributed by atoms with Crippen LogP contribution in [0.3, 0.4) is 0 Å². The number of unbranched alkanes of at least 4 members (excludes halogenated alkanes) is 2. The minimum absolute atomic E-state index is 0.277. The van der Waals surface area contributed by atoms with Crippen molar-refractivity contribution in [3.8, 4) is 0 Å². The van der Waals surface area contributed by atoms with E-state index in [1.165, 1.54) is 0 Å². The average molecular weight is 206 g/mol. The van der Waals surface area contributed by atoms with Crippen molar-refractivity contribution < 1.29 is 4.79 Å². The summed E-state index contributed by atoms with van der Waals surface area (Å²) in [5.41, 5.74) is 0. The second-order valence-electron chi connectivity index (χ2n) is 3.07. The van der Waals surface area contributed by atoms with Crippen molar-refractivity contribution in [1.29, 1.82) is 0 Å². The van der Waals surface area contributed by atoms with E-state index in [0.29, 0.717) is 12.3 Å². The molecule has 0 saturated carbocycles. The highest BCUT2D eigenvalue weighted by Gasteiger charge is 2.07. The minimum atomic E-state index is 0.277. The van der Waals surface area contributed by atoms with Crippen molar-refractivity contribution in [3.05, 3.63) is 0 Å². The first-order valence-electron chi connectivity index (χ1n) is 5.10. The van der Waals surface area contributed by atoms with E-state index >= 15 is 0 Å². The Bertz CT molecular complexity index is 135. The average Bonchev–Trinajstić information content (AvgIpc) is 2.14. The number of carbonyl (C=O) groups is 1. The molecule has 0 radical (unpaired) electrons. The van der Waals surface area contributed by atoms with E-state index in [-0.39, 0.29) is 5.91 Å². The minimum Gasteiger partial charge on any atom is -0.343 e. The standard InChI is InChI=1S/C10H20ClNO/c1-3-12(4-2)10(13)8-6-5-7-9-11/h3-9H2,1-2H3. The topological polar surface area (TPSA) is 20.3 Å². The number of nitrogens with zero attached hydrogens (tertiary/aromatic N) is 1. The molecule has 1 amide bonds. The molecule has 13 heavy (non-hydrogen) atoms. The molecule has 0 aromatic heterocycles. The van der Waals surface area contributed by atoms with Crippen LogP contribution in [0.4, 0.5) is 0 Å². The van der Waals surface area contributed by atoms with Gasteiger partial charge in [0.2, 0.25) is 5.91 Å². The molecule has 0 aromatic carbocycles. The summed E-state index contributed by atoms with van der Waals surface area (Å²) in [5, 5.41) is 0. The van der Waals surface area contributed by atoms with Crippen LogP contribution >= 0.6 is 11.6 Å². The van der Waals surface area contributed by atoms with Gasteiger partial charge in [-0.3, -0.25) is 4.79 Å². The van der Waals surface area contributed by atoms with E-state index in [0.717, 1.165) is 32.4 Å². The molecule has 0 bridgehead atoms. The molecule has 3 heteroatoms. The second kappa shape index (κ2) is 8.36. The number of carbonyl (C=O) groups excluding carboxylic acids is 1. The van der Waals surface area contributed by atoms with Gasteiger partial charge in [0.25, 0.3) is 0 Å². The summed E-state index contributed by atoms with van der Waals surface area (Å²) >= 11 is 5.54. The van der Waals surface area contributed by atoms with Crippen LogP contribution in [-0.4, -0.2) is 29.8 Å². The fourth-order valence-electron chi connectivity index (χ4n) is 1.28. The molecule has 0 N–H and O–H groups in total. The number of hydrogen-bond donors (Lipinski definition) is 0. The number of hydrogen-bond acceptors (Lipinski definition) is 1. The first-order chi connectivity index (χ1) is 6.26. The van der Waals surface area contributed by atoms with Gasteiger partial charge < -0.3 is 4.90 Å². The third kappa shape index (κ3) is 5.92. The van der Waals surface area contributed by atoms with Crippen molar-refractivity contribution in [2.45, 2.75) is 39.5 Å². The molecule has 0 spiro atoms. The Balaban J connectivity index is 3.48. The molecule has 0 aliphatic rings. The predicted octanol–water partition coefficient (Wildman–Crippen LogP) is 2.65. The molecule has 0 fully saturated rings. The van der Waals surface area contributed by atoms with Crippen molar-refractivity contribution in [2.24, 2.45) is 0 Å². The molecule has 0 atom stereocenters. The van der Waals surface area contributed by atoms with Crippen molar-refractivity contribution in [3.63, 3.8) is 0 Å². The van der Waals surface area contributed by atoms with Crippen LogP contribution in [0.2, 0.25) is 0 Å². The Hall–Kier alpha value is -0.240. The molecule has 0 rings (SSSR count). The Labute approximate surface area is 86.2 Å². The third-order valence-electron chi connectivity index (χ3n) is 2.14. The third-order valence-corrected chi connectivity index (χ3v) is 2.41. The van der Waals surface area contributed by atoms with E-state index in [1.54, 1.807) is 0 Å². The highest BCUT2D eigenvalue weighted by molar-refractivity contribution is 6.17. The van der Waals surface area contributed by atoms with Crippen LogP contribution in [0.1, 0.15) is 39.5 Å². The predicted molar refractivity (Wildman–Crippen MR) is 57.1 cm³/mol. The van der Waals surface area contributed by atoms with Gasteiger partial charge in [0.1, 0.15) is 0 Å². The number of amides is 1. The lowest BCUT2D eigenvalue weighted by Crippen LogP contribution is -2.30. The largest absolute Gasteiger partial charge is 0.343 e. The Kier molecular flexibility index (Phi) is 8.21. The monoisotopic (exact) mass is 205 g/mol. The van der Waals surface area contributed by atoms with Crippen molar-refractivity contribution >= 4 is 17.5 Å². The lowest BCUT2D eigenvalue weighted by atomic mass is 10.2. The van der Waals surface area contributed by atoms with Crippen LogP contribution in [0, 0.1) is 0 Å². The lowest BCUT2D eigenvalue weighted by molar-refractivity contribution is -0.130. The van der Waals surface area contributed by atoms with E-state index in [1.807, 2.05) is 18.7 Å². The summed E-state index contributed by atoms with van der Waals surface area (Å²) < 4.78 is 0. The number of alkyl halides is 1. The first-order valence-corrected chi connectivity index (χ1v) is 5.63. The zero-order valence-electron chi connectivity index (χ0n) is 8.68. The van der Waals surface area contributed by atoms with Gasteiger partial charge in [-0.25, -0.2) is 0 Å². The molecular weight excluding hydrogens is 186 g/mol. The SMILES string of the molecule is CCN(CC)C(=O)CCCCCCl. The number of halogens is 1. The van der Waals surface area contributed by atoms with Gasteiger partial charge in [-0.2, -0.15) is 0 Å². The van der Waals surface area contributed by atoms with Gasteiger partial charge in [-0.15, -0.1) is 11.6 Å². The van der Waals surface area contributed by atoms with E-state index in [9.17, 15) is 4.79 Å². The van der Waals surface area contributed by atoms with Gasteiger partial charge in [-0.1, -0.05) is 6.42 Å². The fraction of sp³-hybridized carbons (Fsp3) is 0.900. The van der Waals surface area contributed by atoms with Crippen molar-refractivity contribution in [1.82, 2.24) is 4.90 Å². The van der Waals surface area contributed by atoms with Gasteiger partial charge in [-0.05, 0) is 26.7 Å². The zero-order chi connectivity index (χ0) is 10.1. The molecule has 0 aliphatic heterocycles. The smallest absolute Gasteiger partial charge is 0.222 e. The van der Waals surface area contributed by atoms with E-state index in [2.05, 4.69) is 0 Å². The Morgan fingerprint density at radius 1 is 1.15 bits per heavy atom. The maximum absolute atomic E-state index is 11.5.